The first-order valence-corrected chi connectivity index (χ1v) is 7.74. The molecule has 4 N–H and O–H groups in total. The average molecular weight is 319 g/mol. The van der Waals surface area contributed by atoms with E-state index in [0.717, 1.165) is 19.3 Å². The Morgan fingerprint density at radius 2 is 1.91 bits per heavy atom. The molecule has 1 aliphatic carbocycles. The average Bonchev–Trinajstić information content (AvgIpc) is 3.27. The summed E-state index contributed by atoms with van der Waals surface area (Å²) in [5.41, 5.74) is 4.99. The van der Waals surface area contributed by atoms with Crippen molar-refractivity contribution in [2.24, 2.45) is 5.73 Å². The van der Waals surface area contributed by atoms with E-state index >= 15 is 4.39 Å². The second kappa shape index (κ2) is 4.82. The van der Waals surface area contributed by atoms with E-state index in [2.05, 4.69) is 0 Å². The molecule has 8 heteroatoms. The van der Waals surface area contributed by atoms with E-state index in [1.807, 2.05) is 4.90 Å². The molecule has 1 unspecified atom stereocenters. The van der Waals surface area contributed by atoms with Crippen LogP contribution in [0.5, 0.6) is 0 Å². The van der Waals surface area contributed by atoms with Gasteiger partial charge >= 0.3 is 5.69 Å². The summed E-state index contributed by atoms with van der Waals surface area (Å²) in [7, 11) is 0. The minimum Gasteiger partial charge on any atom is -0.367 e. The highest BCUT2D eigenvalue weighted by molar-refractivity contribution is 5.83. The van der Waals surface area contributed by atoms with Gasteiger partial charge in [-0.2, -0.15) is 4.68 Å². The molecule has 0 amide bonds. The van der Waals surface area contributed by atoms with Crippen molar-refractivity contribution in [3.05, 3.63) is 38.8 Å². The van der Waals surface area contributed by atoms with E-state index in [4.69, 9.17) is 11.6 Å². The third-order valence-electron chi connectivity index (χ3n) is 4.68. The fourth-order valence-corrected chi connectivity index (χ4v) is 3.31. The number of fused-ring (bicyclic) bond motifs is 1. The van der Waals surface area contributed by atoms with Gasteiger partial charge in [-0.05, 0) is 31.4 Å². The van der Waals surface area contributed by atoms with Gasteiger partial charge in [0.1, 0.15) is 0 Å². The molecule has 122 valence electrons. The number of nitrogens with two attached hydrogens (primary N) is 2. The SMILES string of the molecule is NC1CCN(c2ccc3c(=O)n(N)c(=O)n(C4CC4)c3c2F)C1. The van der Waals surface area contributed by atoms with Crippen molar-refractivity contribution in [3.63, 3.8) is 0 Å². The van der Waals surface area contributed by atoms with Gasteiger partial charge in [0, 0.05) is 25.2 Å². The van der Waals surface area contributed by atoms with E-state index in [0.29, 0.717) is 23.5 Å². The topological polar surface area (TPSA) is 99.3 Å². The molecule has 2 aliphatic rings. The van der Waals surface area contributed by atoms with Gasteiger partial charge in [0.2, 0.25) is 0 Å². The first kappa shape index (κ1) is 14.3. The first-order chi connectivity index (χ1) is 11.0. The third kappa shape index (κ3) is 2.05. The second-order valence-corrected chi connectivity index (χ2v) is 6.35. The number of nitrogens with zero attached hydrogens (tertiary/aromatic N) is 3. The van der Waals surface area contributed by atoms with Gasteiger partial charge in [0.15, 0.2) is 5.82 Å². The molecule has 2 aromatic rings. The van der Waals surface area contributed by atoms with Crippen LogP contribution in [0.1, 0.15) is 25.3 Å². The molecular formula is C15H18FN5O2. The highest BCUT2D eigenvalue weighted by Crippen LogP contribution is 2.37. The lowest BCUT2D eigenvalue weighted by Gasteiger charge is -2.21. The Bertz CT molecular complexity index is 915. The van der Waals surface area contributed by atoms with E-state index in [9.17, 15) is 9.59 Å². The summed E-state index contributed by atoms with van der Waals surface area (Å²) in [5.74, 6) is 5.02. The van der Waals surface area contributed by atoms with Crippen LogP contribution < -0.4 is 27.7 Å². The summed E-state index contributed by atoms with van der Waals surface area (Å²) >= 11 is 0. The van der Waals surface area contributed by atoms with Gasteiger partial charge in [-0.25, -0.2) is 9.18 Å². The summed E-state index contributed by atoms with van der Waals surface area (Å²) in [5, 5.41) is 0.128. The molecule has 0 bridgehead atoms. The van der Waals surface area contributed by atoms with Crippen molar-refractivity contribution in [3.8, 4) is 0 Å². The van der Waals surface area contributed by atoms with Crippen molar-refractivity contribution in [1.82, 2.24) is 9.24 Å². The Morgan fingerprint density at radius 1 is 1.17 bits per heavy atom. The van der Waals surface area contributed by atoms with Crippen molar-refractivity contribution in [2.45, 2.75) is 31.3 Å². The molecule has 4 rings (SSSR count). The largest absolute Gasteiger partial charge is 0.367 e. The first-order valence-electron chi connectivity index (χ1n) is 7.74. The normalized spacial score (nSPS) is 21.3. The molecule has 0 radical (unpaired) electrons. The van der Waals surface area contributed by atoms with Gasteiger partial charge in [0.05, 0.1) is 16.6 Å². The molecular weight excluding hydrogens is 301 g/mol. The molecule has 23 heavy (non-hydrogen) atoms. The minimum atomic E-state index is -0.675. The van der Waals surface area contributed by atoms with E-state index < -0.39 is 17.1 Å². The van der Waals surface area contributed by atoms with Crippen LogP contribution in [-0.4, -0.2) is 28.4 Å². The number of halogens is 1. The van der Waals surface area contributed by atoms with Gasteiger partial charge in [-0.3, -0.25) is 9.36 Å². The summed E-state index contributed by atoms with van der Waals surface area (Å²) in [6, 6.07) is 3.03. The van der Waals surface area contributed by atoms with Crippen molar-refractivity contribution in [2.75, 3.05) is 23.8 Å². The molecule has 2 heterocycles. The standard InChI is InChI=1S/C15H18FN5O2/c16-12-11(19-6-5-8(17)7-19)4-3-10-13(12)20(9-1-2-9)15(23)21(18)14(10)22/h3-4,8-9H,1-2,5-7,17-18H2. The molecule has 1 aromatic heterocycles. The van der Waals surface area contributed by atoms with Gasteiger partial charge in [0.25, 0.3) is 5.56 Å². The number of hydrogen-bond donors (Lipinski definition) is 2. The summed E-state index contributed by atoms with van der Waals surface area (Å²) in [4.78, 5) is 26.4. The van der Waals surface area contributed by atoms with Crippen LogP contribution >= 0.6 is 0 Å². The van der Waals surface area contributed by atoms with E-state index in [1.165, 1.54) is 4.57 Å². The molecule has 0 spiro atoms. The smallest absolute Gasteiger partial charge is 0.350 e. The predicted octanol–water partition coefficient (Wildman–Crippen LogP) is -0.112. The minimum absolute atomic E-state index is 0.00719. The van der Waals surface area contributed by atoms with E-state index in [1.54, 1.807) is 12.1 Å². The lowest BCUT2D eigenvalue weighted by atomic mass is 10.2. The lowest BCUT2D eigenvalue weighted by Crippen LogP contribution is -2.44. The Kier molecular flexibility index (Phi) is 2.99. The summed E-state index contributed by atoms with van der Waals surface area (Å²) in [6.07, 6.45) is 2.36. The fraction of sp³-hybridized carbons (Fsp3) is 0.467. The Hall–Kier alpha value is -2.35. The molecule has 1 atom stereocenters. The Morgan fingerprint density at radius 3 is 2.52 bits per heavy atom. The quantitative estimate of drug-likeness (QED) is 0.752. The third-order valence-corrected chi connectivity index (χ3v) is 4.68. The zero-order valence-electron chi connectivity index (χ0n) is 12.5. The number of benzene rings is 1. The molecule has 1 saturated carbocycles. The highest BCUT2D eigenvalue weighted by atomic mass is 19.1. The van der Waals surface area contributed by atoms with E-state index in [-0.39, 0.29) is 23.0 Å². The van der Waals surface area contributed by atoms with Crippen molar-refractivity contribution in [1.29, 1.82) is 0 Å². The summed E-state index contributed by atoms with van der Waals surface area (Å²) in [6.45, 7) is 1.22. The van der Waals surface area contributed by atoms with Crippen molar-refractivity contribution >= 4 is 16.6 Å². The monoisotopic (exact) mass is 319 g/mol. The molecule has 1 aliphatic heterocycles. The van der Waals surface area contributed by atoms with Crippen LogP contribution in [0.3, 0.4) is 0 Å². The maximum absolute atomic E-state index is 15.2. The van der Waals surface area contributed by atoms with Crippen LogP contribution in [0.2, 0.25) is 0 Å². The molecule has 7 nitrogen and oxygen atoms in total. The number of aromatic nitrogens is 2. The fourth-order valence-electron chi connectivity index (χ4n) is 3.31. The van der Waals surface area contributed by atoms with Crippen molar-refractivity contribution < 1.29 is 4.39 Å². The molecule has 1 aromatic carbocycles. The predicted molar refractivity (Wildman–Crippen MR) is 85.7 cm³/mol. The number of hydrogen-bond acceptors (Lipinski definition) is 5. The van der Waals surface area contributed by atoms with Crippen LogP contribution in [0.4, 0.5) is 10.1 Å². The summed E-state index contributed by atoms with van der Waals surface area (Å²) < 4.78 is 17.0. The van der Waals surface area contributed by atoms with Crippen LogP contribution in [0.25, 0.3) is 10.9 Å². The maximum atomic E-state index is 15.2. The van der Waals surface area contributed by atoms with Gasteiger partial charge in [-0.1, -0.05) is 0 Å². The number of rotatable bonds is 2. The number of anilines is 1. The van der Waals surface area contributed by atoms with Gasteiger partial charge in [-0.15, -0.1) is 0 Å². The zero-order valence-corrected chi connectivity index (χ0v) is 12.5. The lowest BCUT2D eigenvalue weighted by molar-refractivity contribution is 0.600. The Labute approximate surface area is 130 Å². The molecule has 1 saturated heterocycles. The van der Waals surface area contributed by atoms with Crippen LogP contribution in [0, 0.1) is 5.82 Å². The Balaban J connectivity index is 2.02. The number of nitrogen functional groups attached to an aromatic ring is 1. The zero-order chi connectivity index (χ0) is 16.3. The van der Waals surface area contributed by atoms with Crippen LogP contribution in [0.15, 0.2) is 21.7 Å². The second-order valence-electron chi connectivity index (χ2n) is 6.35. The van der Waals surface area contributed by atoms with Gasteiger partial charge < -0.3 is 16.5 Å². The molecule has 2 fully saturated rings. The highest BCUT2D eigenvalue weighted by Gasteiger charge is 2.31. The maximum Gasteiger partial charge on any atom is 0.350 e. The van der Waals surface area contributed by atoms with Crippen LogP contribution in [-0.2, 0) is 0 Å².